The van der Waals surface area contributed by atoms with E-state index in [4.69, 9.17) is 5.11 Å². The van der Waals surface area contributed by atoms with Crippen molar-refractivity contribution in [1.29, 1.82) is 0 Å². The number of carbonyl (C=O) groups is 1. The standard InChI is InChI=1S/C12H20N2O2S/c1-4-5-11-13-10(8-17-11)7-14(3)6-9(2)12(15)16/h8-9H,4-7H2,1-3H3,(H,15,16). The highest BCUT2D eigenvalue weighted by Gasteiger charge is 2.14. The van der Waals surface area contributed by atoms with Gasteiger partial charge in [0.2, 0.25) is 0 Å². The third-order valence-corrected chi connectivity index (χ3v) is 3.46. The molecule has 0 bridgehead atoms. The van der Waals surface area contributed by atoms with Crippen molar-refractivity contribution in [3.8, 4) is 0 Å². The molecule has 1 atom stereocenters. The second-order valence-corrected chi connectivity index (χ2v) is 5.36. The van der Waals surface area contributed by atoms with Crippen LogP contribution in [0.4, 0.5) is 0 Å². The number of nitrogens with zero attached hydrogens (tertiary/aromatic N) is 2. The molecule has 1 heterocycles. The SMILES string of the molecule is CCCc1nc(CN(C)CC(C)C(=O)O)cs1. The van der Waals surface area contributed by atoms with E-state index >= 15 is 0 Å². The van der Waals surface area contributed by atoms with Gasteiger partial charge in [-0.05, 0) is 19.9 Å². The summed E-state index contributed by atoms with van der Waals surface area (Å²) >= 11 is 1.69. The minimum Gasteiger partial charge on any atom is -0.481 e. The first-order valence-corrected chi connectivity index (χ1v) is 6.75. The van der Waals surface area contributed by atoms with E-state index in [0.717, 1.165) is 25.1 Å². The van der Waals surface area contributed by atoms with Crippen molar-refractivity contribution in [2.75, 3.05) is 13.6 Å². The molecule has 4 nitrogen and oxygen atoms in total. The molecule has 17 heavy (non-hydrogen) atoms. The number of carboxylic acid groups (broad SMARTS) is 1. The zero-order valence-electron chi connectivity index (χ0n) is 10.6. The zero-order chi connectivity index (χ0) is 12.8. The molecule has 5 heteroatoms. The first-order valence-electron chi connectivity index (χ1n) is 5.87. The summed E-state index contributed by atoms with van der Waals surface area (Å²) < 4.78 is 0. The predicted octanol–water partition coefficient (Wildman–Crippen LogP) is 2.25. The highest BCUT2D eigenvalue weighted by Crippen LogP contribution is 2.13. The van der Waals surface area contributed by atoms with Crippen LogP contribution in [0.1, 0.15) is 31.0 Å². The molecule has 0 saturated heterocycles. The van der Waals surface area contributed by atoms with Gasteiger partial charge in [-0.25, -0.2) is 4.98 Å². The number of aliphatic carboxylic acids is 1. The number of carboxylic acids is 1. The fourth-order valence-electron chi connectivity index (χ4n) is 1.64. The first kappa shape index (κ1) is 14.1. The smallest absolute Gasteiger partial charge is 0.307 e. The van der Waals surface area contributed by atoms with Crippen molar-refractivity contribution in [3.05, 3.63) is 16.1 Å². The summed E-state index contributed by atoms with van der Waals surface area (Å²) in [6.45, 7) is 5.14. The largest absolute Gasteiger partial charge is 0.481 e. The molecule has 0 saturated carbocycles. The number of hydrogen-bond acceptors (Lipinski definition) is 4. The van der Waals surface area contributed by atoms with Gasteiger partial charge < -0.3 is 5.11 Å². The van der Waals surface area contributed by atoms with Gasteiger partial charge >= 0.3 is 5.97 Å². The molecule has 1 rings (SSSR count). The van der Waals surface area contributed by atoms with E-state index in [1.54, 1.807) is 18.3 Å². The van der Waals surface area contributed by atoms with Crippen LogP contribution in [-0.4, -0.2) is 34.6 Å². The molecule has 0 aromatic carbocycles. The Labute approximate surface area is 106 Å². The monoisotopic (exact) mass is 256 g/mol. The number of rotatable bonds is 7. The summed E-state index contributed by atoms with van der Waals surface area (Å²) in [5.41, 5.74) is 1.04. The highest BCUT2D eigenvalue weighted by molar-refractivity contribution is 7.09. The summed E-state index contributed by atoms with van der Waals surface area (Å²) in [4.78, 5) is 17.3. The predicted molar refractivity (Wildman–Crippen MR) is 69.2 cm³/mol. The maximum absolute atomic E-state index is 10.7. The molecule has 0 aliphatic carbocycles. The van der Waals surface area contributed by atoms with Crippen LogP contribution in [-0.2, 0) is 17.8 Å². The van der Waals surface area contributed by atoms with Crippen LogP contribution < -0.4 is 0 Å². The van der Waals surface area contributed by atoms with Gasteiger partial charge in [0.05, 0.1) is 16.6 Å². The van der Waals surface area contributed by atoms with E-state index in [-0.39, 0.29) is 5.92 Å². The Morgan fingerprint density at radius 3 is 2.94 bits per heavy atom. The van der Waals surface area contributed by atoms with E-state index in [9.17, 15) is 4.79 Å². The fourth-order valence-corrected chi connectivity index (χ4v) is 2.53. The Bertz CT molecular complexity index is 365. The summed E-state index contributed by atoms with van der Waals surface area (Å²) in [5, 5.41) is 12.1. The minimum absolute atomic E-state index is 0.339. The number of thiazole rings is 1. The minimum atomic E-state index is -0.748. The van der Waals surface area contributed by atoms with Gasteiger partial charge in [-0.15, -0.1) is 11.3 Å². The maximum Gasteiger partial charge on any atom is 0.307 e. The lowest BCUT2D eigenvalue weighted by atomic mass is 10.2. The van der Waals surface area contributed by atoms with Crippen molar-refractivity contribution in [1.82, 2.24) is 9.88 Å². The summed E-state index contributed by atoms with van der Waals surface area (Å²) in [6, 6.07) is 0. The molecule has 1 N–H and O–H groups in total. The quantitative estimate of drug-likeness (QED) is 0.813. The Morgan fingerprint density at radius 2 is 2.35 bits per heavy atom. The molecule has 0 fully saturated rings. The Morgan fingerprint density at radius 1 is 1.65 bits per heavy atom. The third-order valence-electron chi connectivity index (χ3n) is 2.50. The molecule has 0 spiro atoms. The van der Waals surface area contributed by atoms with Crippen LogP contribution >= 0.6 is 11.3 Å². The van der Waals surface area contributed by atoms with Crippen LogP contribution in [0.3, 0.4) is 0 Å². The average Bonchev–Trinajstić information content (AvgIpc) is 2.65. The molecule has 1 unspecified atom stereocenters. The Balaban J connectivity index is 2.44. The lowest BCUT2D eigenvalue weighted by molar-refractivity contribution is -0.141. The van der Waals surface area contributed by atoms with Crippen LogP contribution in [0, 0.1) is 5.92 Å². The molecular formula is C12H20N2O2S. The molecule has 1 aromatic heterocycles. The summed E-state index contributed by atoms with van der Waals surface area (Å²) in [7, 11) is 1.93. The molecule has 0 aliphatic rings. The lowest BCUT2D eigenvalue weighted by Gasteiger charge is -2.17. The lowest BCUT2D eigenvalue weighted by Crippen LogP contribution is -2.28. The van der Waals surface area contributed by atoms with Crippen molar-refractivity contribution in [2.24, 2.45) is 5.92 Å². The van der Waals surface area contributed by atoms with Crippen LogP contribution in [0.25, 0.3) is 0 Å². The maximum atomic E-state index is 10.7. The highest BCUT2D eigenvalue weighted by atomic mass is 32.1. The van der Waals surface area contributed by atoms with Gasteiger partial charge in [-0.1, -0.05) is 13.8 Å². The van der Waals surface area contributed by atoms with Gasteiger partial charge in [0, 0.05) is 18.5 Å². The molecule has 0 aliphatic heterocycles. The first-order chi connectivity index (χ1) is 8.02. The van der Waals surface area contributed by atoms with Gasteiger partial charge in [-0.3, -0.25) is 9.69 Å². The van der Waals surface area contributed by atoms with Crippen LogP contribution in [0.15, 0.2) is 5.38 Å². The van der Waals surface area contributed by atoms with Gasteiger partial charge in [0.1, 0.15) is 0 Å². The number of hydrogen-bond donors (Lipinski definition) is 1. The zero-order valence-corrected chi connectivity index (χ0v) is 11.5. The second kappa shape index (κ2) is 6.71. The third kappa shape index (κ3) is 4.83. The Hall–Kier alpha value is -0.940. The fraction of sp³-hybridized carbons (Fsp3) is 0.667. The van der Waals surface area contributed by atoms with Crippen molar-refractivity contribution in [2.45, 2.75) is 33.2 Å². The van der Waals surface area contributed by atoms with E-state index in [1.807, 2.05) is 11.9 Å². The molecule has 96 valence electrons. The van der Waals surface area contributed by atoms with Crippen LogP contribution in [0.2, 0.25) is 0 Å². The van der Waals surface area contributed by atoms with Gasteiger partial charge in [0.25, 0.3) is 0 Å². The van der Waals surface area contributed by atoms with Crippen molar-refractivity contribution >= 4 is 17.3 Å². The van der Waals surface area contributed by atoms with Crippen molar-refractivity contribution < 1.29 is 9.90 Å². The normalized spacial score (nSPS) is 12.9. The van der Waals surface area contributed by atoms with E-state index in [2.05, 4.69) is 17.3 Å². The van der Waals surface area contributed by atoms with Gasteiger partial charge in [-0.2, -0.15) is 0 Å². The molecule has 0 amide bonds. The van der Waals surface area contributed by atoms with E-state index in [0.29, 0.717) is 6.54 Å². The second-order valence-electron chi connectivity index (χ2n) is 4.42. The van der Waals surface area contributed by atoms with Crippen molar-refractivity contribution in [3.63, 3.8) is 0 Å². The van der Waals surface area contributed by atoms with E-state index in [1.165, 1.54) is 5.01 Å². The number of aromatic nitrogens is 1. The number of aryl methyl sites for hydroxylation is 1. The average molecular weight is 256 g/mol. The van der Waals surface area contributed by atoms with Crippen LogP contribution in [0.5, 0.6) is 0 Å². The summed E-state index contributed by atoms with van der Waals surface area (Å²) in [5.74, 6) is -1.09. The topological polar surface area (TPSA) is 53.4 Å². The van der Waals surface area contributed by atoms with Gasteiger partial charge in [0.15, 0.2) is 0 Å². The Kier molecular flexibility index (Phi) is 5.58. The summed E-state index contributed by atoms with van der Waals surface area (Å²) in [6.07, 6.45) is 2.14. The molecular weight excluding hydrogens is 236 g/mol. The van der Waals surface area contributed by atoms with E-state index < -0.39 is 5.97 Å². The molecule has 1 aromatic rings. The molecule has 0 radical (unpaired) electrons.